The first-order valence-electron chi connectivity index (χ1n) is 12.6. The average molecular weight is 493 g/mol. The predicted octanol–water partition coefficient (Wildman–Crippen LogP) is 3.34. The average Bonchev–Trinajstić information content (AvgIpc) is 2.92. The number of esters is 1. The molecule has 190 valence electrons. The number of methoxy groups -OCH3 is 2. The summed E-state index contributed by atoms with van der Waals surface area (Å²) < 4.78 is 16.3. The van der Waals surface area contributed by atoms with Gasteiger partial charge in [0.25, 0.3) is 5.91 Å². The lowest BCUT2D eigenvalue weighted by atomic mass is 9.75. The Balaban J connectivity index is 1.53. The quantitative estimate of drug-likeness (QED) is 0.596. The number of rotatable bonds is 5. The Morgan fingerprint density at radius 1 is 0.972 bits per heavy atom. The van der Waals surface area contributed by atoms with Gasteiger partial charge in [-0.1, -0.05) is 18.2 Å². The summed E-state index contributed by atoms with van der Waals surface area (Å²) in [4.78, 5) is 43.6. The highest BCUT2D eigenvalue weighted by Gasteiger charge is 2.48. The maximum absolute atomic E-state index is 14.2. The van der Waals surface area contributed by atoms with Crippen LogP contribution in [0.15, 0.2) is 36.4 Å². The van der Waals surface area contributed by atoms with Crippen molar-refractivity contribution in [3.05, 3.63) is 58.7 Å². The monoisotopic (exact) mass is 492 g/mol. The van der Waals surface area contributed by atoms with Crippen LogP contribution in [0, 0.1) is 5.92 Å². The lowest BCUT2D eigenvalue weighted by Crippen LogP contribution is -2.52. The number of carbonyl (C=O) groups excluding carboxylic acids is 3. The molecular formula is C28H32N2O6. The zero-order valence-corrected chi connectivity index (χ0v) is 21.0. The third-order valence-corrected chi connectivity index (χ3v) is 7.72. The fourth-order valence-electron chi connectivity index (χ4n) is 5.91. The van der Waals surface area contributed by atoms with Crippen LogP contribution in [0.1, 0.15) is 58.8 Å². The molecule has 0 unspecified atom stereocenters. The number of amides is 2. The molecular weight excluding hydrogens is 460 g/mol. The second-order valence-electron chi connectivity index (χ2n) is 9.52. The Kier molecular flexibility index (Phi) is 6.60. The van der Waals surface area contributed by atoms with Gasteiger partial charge in [0.2, 0.25) is 5.91 Å². The van der Waals surface area contributed by atoms with Crippen molar-refractivity contribution in [2.24, 2.45) is 5.92 Å². The number of ether oxygens (including phenoxy) is 3. The highest BCUT2D eigenvalue weighted by molar-refractivity contribution is 6.01. The fraction of sp³-hybridized carbons (Fsp3) is 0.464. The number of carbonyl (C=O) groups is 3. The summed E-state index contributed by atoms with van der Waals surface area (Å²) in [5.41, 5.74) is 3.31. The molecule has 0 saturated carbocycles. The maximum Gasteiger partial charge on any atom is 0.309 e. The van der Waals surface area contributed by atoms with Crippen molar-refractivity contribution in [1.82, 2.24) is 9.80 Å². The van der Waals surface area contributed by atoms with E-state index in [2.05, 4.69) is 0 Å². The molecule has 5 rings (SSSR count). The first-order chi connectivity index (χ1) is 17.5. The Hall–Kier alpha value is -3.55. The Labute approximate surface area is 211 Å². The van der Waals surface area contributed by atoms with Gasteiger partial charge in [0.1, 0.15) is 0 Å². The van der Waals surface area contributed by atoms with Crippen molar-refractivity contribution >= 4 is 17.8 Å². The standard InChI is InChI=1S/C28H32N2O6/c1-4-36-28(33)17-9-12-29(13-10-17)27(32)24-19-7-5-6-8-20(19)26(31)30-14-11-18-15-22(34-2)23(35-3)16-21(18)25(24)30/h5-8,15-17,24-25H,4,9-14H2,1-3H3/t24-,25-/m0/s1. The van der Waals surface area contributed by atoms with Crippen LogP contribution in [0.4, 0.5) is 0 Å². The zero-order valence-electron chi connectivity index (χ0n) is 21.0. The number of hydrogen-bond acceptors (Lipinski definition) is 6. The smallest absolute Gasteiger partial charge is 0.309 e. The molecule has 1 fully saturated rings. The molecule has 0 aliphatic carbocycles. The molecule has 3 heterocycles. The second kappa shape index (κ2) is 9.84. The van der Waals surface area contributed by atoms with Gasteiger partial charge in [-0.05, 0) is 61.1 Å². The van der Waals surface area contributed by atoms with E-state index in [1.807, 2.05) is 46.2 Å². The topological polar surface area (TPSA) is 85.4 Å². The van der Waals surface area contributed by atoms with Crippen molar-refractivity contribution in [1.29, 1.82) is 0 Å². The molecule has 0 radical (unpaired) electrons. The molecule has 8 nitrogen and oxygen atoms in total. The third kappa shape index (κ3) is 3.98. The molecule has 0 bridgehead atoms. The molecule has 2 amide bonds. The van der Waals surface area contributed by atoms with Crippen molar-refractivity contribution in [3.63, 3.8) is 0 Å². The van der Waals surface area contributed by atoms with Gasteiger partial charge >= 0.3 is 5.97 Å². The minimum atomic E-state index is -0.546. The van der Waals surface area contributed by atoms with Crippen LogP contribution in [0.2, 0.25) is 0 Å². The van der Waals surface area contributed by atoms with E-state index in [1.54, 1.807) is 21.1 Å². The molecule has 2 aromatic rings. The lowest BCUT2D eigenvalue weighted by molar-refractivity contribution is -0.151. The van der Waals surface area contributed by atoms with E-state index in [1.165, 1.54) is 0 Å². The van der Waals surface area contributed by atoms with E-state index in [9.17, 15) is 14.4 Å². The minimum absolute atomic E-state index is 0.0186. The molecule has 8 heteroatoms. The van der Waals surface area contributed by atoms with Crippen LogP contribution in [-0.4, -0.2) is 68.0 Å². The number of nitrogens with zero attached hydrogens (tertiary/aromatic N) is 2. The minimum Gasteiger partial charge on any atom is -0.493 e. The summed E-state index contributed by atoms with van der Waals surface area (Å²) in [6, 6.07) is 10.9. The van der Waals surface area contributed by atoms with E-state index >= 15 is 0 Å². The summed E-state index contributed by atoms with van der Waals surface area (Å²) in [7, 11) is 3.19. The van der Waals surface area contributed by atoms with Gasteiger partial charge in [0, 0.05) is 25.2 Å². The summed E-state index contributed by atoms with van der Waals surface area (Å²) in [6.45, 7) is 3.66. The predicted molar refractivity (Wildman–Crippen MR) is 132 cm³/mol. The highest BCUT2D eigenvalue weighted by Crippen LogP contribution is 2.49. The number of piperidine rings is 1. The van der Waals surface area contributed by atoms with E-state index < -0.39 is 12.0 Å². The van der Waals surface area contributed by atoms with Crippen molar-refractivity contribution in [2.75, 3.05) is 40.5 Å². The van der Waals surface area contributed by atoms with Gasteiger partial charge in [-0.3, -0.25) is 14.4 Å². The Bertz CT molecular complexity index is 1190. The van der Waals surface area contributed by atoms with Gasteiger partial charge in [-0.2, -0.15) is 0 Å². The fourth-order valence-corrected chi connectivity index (χ4v) is 5.91. The van der Waals surface area contributed by atoms with Crippen LogP contribution >= 0.6 is 0 Å². The van der Waals surface area contributed by atoms with E-state index in [0.717, 1.165) is 16.7 Å². The molecule has 1 saturated heterocycles. The molecule has 3 aliphatic rings. The van der Waals surface area contributed by atoms with E-state index in [4.69, 9.17) is 14.2 Å². The largest absolute Gasteiger partial charge is 0.493 e. The van der Waals surface area contributed by atoms with Gasteiger partial charge < -0.3 is 24.0 Å². The summed E-state index contributed by atoms with van der Waals surface area (Å²) in [6.07, 6.45) is 1.83. The number of likely N-dealkylation sites (tertiary alicyclic amines) is 1. The number of hydrogen-bond donors (Lipinski definition) is 0. The Morgan fingerprint density at radius 3 is 2.36 bits per heavy atom. The summed E-state index contributed by atoms with van der Waals surface area (Å²) in [5.74, 6) is 0.220. The van der Waals surface area contributed by atoms with Gasteiger partial charge in [0.15, 0.2) is 11.5 Å². The molecule has 3 aliphatic heterocycles. The highest BCUT2D eigenvalue weighted by atomic mass is 16.5. The molecule has 0 N–H and O–H groups in total. The number of benzene rings is 2. The summed E-state index contributed by atoms with van der Waals surface area (Å²) in [5, 5.41) is 0. The van der Waals surface area contributed by atoms with Gasteiger partial charge in [-0.25, -0.2) is 0 Å². The van der Waals surface area contributed by atoms with Crippen LogP contribution in [0.3, 0.4) is 0 Å². The molecule has 0 spiro atoms. The van der Waals surface area contributed by atoms with Crippen LogP contribution < -0.4 is 9.47 Å². The normalized spacial score (nSPS) is 21.2. The molecule has 2 atom stereocenters. The van der Waals surface area contributed by atoms with Crippen molar-refractivity contribution in [2.45, 2.75) is 38.1 Å². The maximum atomic E-state index is 14.2. The van der Waals surface area contributed by atoms with Crippen molar-refractivity contribution < 1.29 is 28.6 Å². The molecule has 0 aromatic heterocycles. The van der Waals surface area contributed by atoms with Crippen LogP contribution in [-0.2, 0) is 20.7 Å². The van der Waals surface area contributed by atoms with Crippen LogP contribution in [0.5, 0.6) is 11.5 Å². The van der Waals surface area contributed by atoms with Crippen LogP contribution in [0.25, 0.3) is 0 Å². The lowest BCUT2D eigenvalue weighted by Gasteiger charge is -2.46. The first-order valence-corrected chi connectivity index (χ1v) is 12.6. The second-order valence-corrected chi connectivity index (χ2v) is 9.52. The Morgan fingerprint density at radius 2 is 1.67 bits per heavy atom. The first kappa shape index (κ1) is 24.2. The zero-order chi connectivity index (χ0) is 25.4. The number of fused-ring (bicyclic) bond motifs is 4. The molecule has 2 aromatic carbocycles. The van der Waals surface area contributed by atoms with E-state index in [0.29, 0.717) is 62.6 Å². The summed E-state index contributed by atoms with van der Waals surface area (Å²) >= 11 is 0. The van der Waals surface area contributed by atoms with Gasteiger partial charge in [-0.15, -0.1) is 0 Å². The third-order valence-electron chi connectivity index (χ3n) is 7.72. The van der Waals surface area contributed by atoms with Crippen molar-refractivity contribution in [3.8, 4) is 11.5 Å². The van der Waals surface area contributed by atoms with E-state index in [-0.39, 0.29) is 23.7 Å². The van der Waals surface area contributed by atoms with Gasteiger partial charge in [0.05, 0.1) is 38.7 Å². The molecule has 36 heavy (non-hydrogen) atoms. The SMILES string of the molecule is CCOC(=O)C1CCN(C(=O)[C@H]2c3ccccc3C(=O)N3CCc4cc(OC)c(OC)cc4[C@@H]23)CC1.